The Hall–Kier alpha value is -4.82. The second-order valence-electron chi connectivity index (χ2n) is 12.9. The molecule has 4 aromatic rings. The van der Waals surface area contributed by atoms with E-state index in [0.717, 1.165) is 67.7 Å². The molecule has 0 radical (unpaired) electrons. The molecule has 4 heterocycles. The first-order valence-corrected chi connectivity index (χ1v) is 19.3. The minimum absolute atomic E-state index is 0.109. The van der Waals surface area contributed by atoms with Crippen molar-refractivity contribution >= 4 is 46.7 Å². The summed E-state index contributed by atoms with van der Waals surface area (Å²) in [6.07, 6.45) is 6.92. The van der Waals surface area contributed by atoms with E-state index in [0.29, 0.717) is 25.9 Å². The molecule has 4 amide bonds. The Kier molecular flexibility index (Phi) is 11.9. The minimum atomic E-state index is -0.633. The average molecular weight is 745 g/mol. The van der Waals surface area contributed by atoms with Crippen molar-refractivity contribution in [3.63, 3.8) is 0 Å². The van der Waals surface area contributed by atoms with Crippen LogP contribution in [0.3, 0.4) is 0 Å². The first kappa shape index (κ1) is 37.0. The molecule has 6 rings (SSSR count). The van der Waals surface area contributed by atoms with Gasteiger partial charge in [0.25, 0.3) is 0 Å². The summed E-state index contributed by atoms with van der Waals surface area (Å²) in [5.74, 6) is -0.218. The zero-order chi connectivity index (χ0) is 36.8. The molecule has 2 aromatic carbocycles. The number of carbonyl (C=O) groups is 4. The Morgan fingerprint density at radius 3 is 1.38 bits per heavy atom. The van der Waals surface area contributed by atoms with E-state index in [1.807, 2.05) is 36.0 Å². The van der Waals surface area contributed by atoms with Crippen LogP contribution in [-0.4, -0.2) is 83.2 Å². The average Bonchev–Trinajstić information content (AvgIpc) is 4.02. The topological polar surface area (TPSA) is 143 Å². The Labute approximate surface area is 311 Å². The third-order valence-electron chi connectivity index (χ3n) is 9.73. The van der Waals surface area contributed by atoms with Gasteiger partial charge in [0.15, 0.2) is 0 Å². The number of alkyl carbamates (subject to hydrolysis) is 2. The maximum absolute atomic E-state index is 13.3. The third-order valence-corrected chi connectivity index (χ3v) is 12.0. The molecule has 2 aliphatic rings. The van der Waals surface area contributed by atoms with Gasteiger partial charge in [-0.3, -0.25) is 9.59 Å². The fraction of sp³-hybridized carbons (Fsp3) is 0.421. The second kappa shape index (κ2) is 16.7. The molecule has 0 bridgehead atoms. The summed E-state index contributed by atoms with van der Waals surface area (Å²) in [7, 11) is 2.58. The van der Waals surface area contributed by atoms with Gasteiger partial charge in [0.2, 0.25) is 11.8 Å². The van der Waals surface area contributed by atoms with E-state index < -0.39 is 24.3 Å². The normalized spacial score (nSPS) is 18.2. The maximum atomic E-state index is 13.3. The number of nitrogens with zero attached hydrogens (tertiary/aromatic N) is 4. The first-order valence-electron chi connectivity index (χ1n) is 17.7. The number of amides is 4. The van der Waals surface area contributed by atoms with Gasteiger partial charge in [0.1, 0.15) is 22.1 Å². The lowest BCUT2D eigenvalue weighted by Gasteiger charge is -2.27. The van der Waals surface area contributed by atoms with Gasteiger partial charge < -0.3 is 29.9 Å². The highest BCUT2D eigenvalue weighted by Crippen LogP contribution is 2.40. The van der Waals surface area contributed by atoms with Crippen molar-refractivity contribution in [3.05, 3.63) is 70.9 Å². The molecule has 274 valence electrons. The Morgan fingerprint density at radius 2 is 1.04 bits per heavy atom. The molecular weight excluding hydrogens is 701 g/mol. The van der Waals surface area contributed by atoms with Crippen LogP contribution in [0.15, 0.2) is 60.9 Å². The molecule has 2 fully saturated rings. The van der Waals surface area contributed by atoms with Gasteiger partial charge >= 0.3 is 12.2 Å². The van der Waals surface area contributed by atoms with E-state index in [2.05, 4.69) is 59.2 Å². The van der Waals surface area contributed by atoms with E-state index in [-0.39, 0.29) is 23.9 Å². The monoisotopic (exact) mass is 744 g/mol. The number of nitrogens with one attached hydrogen (secondary N) is 2. The maximum Gasteiger partial charge on any atom is 0.407 e. The van der Waals surface area contributed by atoms with Crippen LogP contribution < -0.4 is 10.6 Å². The van der Waals surface area contributed by atoms with Crippen molar-refractivity contribution < 1.29 is 28.7 Å². The standard InChI is InChI=1S/C38H44N6O6S2/c1-5-27(41-37(47)49-3)35(45)43-19-7-9-29(43)33-39-21-31(51-33)25-15-11-23(12-16-25)24-13-17-26(18-14-24)32-22-40-34(52-32)30-10-8-20-44(30)36(46)28(6-2)42-38(48)50-4/h11-18,21-22,27-30H,5-10,19-20H2,1-4H3,(H,41,47)(H,42,48)/t27-,28-,29-,30-/m0/s1. The van der Waals surface area contributed by atoms with Crippen LogP contribution in [-0.2, 0) is 19.1 Å². The van der Waals surface area contributed by atoms with Crippen molar-refractivity contribution in [2.45, 2.75) is 76.5 Å². The van der Waals surface area contributed by atoms with E-state index in [4.69, 9.17) is 19.4 Å². The smallest absolute Gasteiger partial charge is 0.407 e. The molecule has 2 N–H and O–H groups in total. The molecule has 0 aliphatic carbocycles. The number of rotatable bonds is 11. The molecule has 0 spiro atoms. The zero-order valence-electron chi connectivity index (χ0n) is 29.8. The molecule has 14 heteroatoms. The summed E-state index contributed by atoms with van der Waals surface area (Å²) in [4.78, 5) is 65.4. The number of thiazole rings is 2. The predicted octanol–water partition coefficient (Wildman–Crippen LogP) is 7.20. The SMILES string of the molecule is CC[C@H](NC(=O)OC)C(=O)N1CCC[C@H]1c1ncc(-c2ccc(-c3ccc(-c4cnc([C@@H]5CCCN5C(=O)[C@H](CC)NC(=O)OC)s4)cc3)cc2)s1. The summed E-state index contributed by atoms with van der Waals surface area (Å²) in [5.41, 5.74) is 4.29. The van der Waals surface area contributed by atoms with Gasteiger partial charge in [-0.25, -0.2) is 19.6 Å². The van der Waals surface area contributed by atoms with E-state index in [9.17, 15) is 19.2 Å². The molecule has 12 nitrogen and oxygen atoms in total. The molecular formula is C38H44N6O6S2. The number of hydrogen-bond acceptors (Lipinski definition) is 10. The molecule has 0 unspecified atom stereocenters. The van der Waals surface area contributed by atoms with E-state index in [1.54, 1.807) is 22.7 Å². The second-order valence-corrected chi connectivity index (χ2v) is 15.0. The molecule has 4 atom stereocenters. The number of hydrogen-bond donors (Lipinski definition) is 2. The number of benzene rings is 2. The fourth-order valence-electron chi connectivity index (χ4n) is 6.86. The summed E-state index contributed by atoms with van der Waals surface area (Å²) in [6.45, 7) is 5.00. The zero-order valence-corrected chi connectivity index (χ0v) is 31.4. The highest BCUT2D eigenvalue weighted by molar-refractivity contribution is 7.15. The third kappa shape index (κ3) is 7.97. The summed E-state index contributed by atoms with van der Waals surface area (Å²) in [6, 6.07) is 15.3. The van der Waals surface area contributed by atoms with Crippen LogP contribution in [0.4, 0.5) is 9.59 Å². The lowest BCUT2D eigenvalue weighted by molar-refractivity contribution is -0.135. The van der Waals surface area contributed by atoms with Gasteiger partial charge in [-0.05, 0) is 60.8 Å². The van der Waals surface area contributed by atoms with E-state index in [1.165, 1.54) is 14.2 Å². The largest absolute Gasteiger partial charge is 0.453 e. The lowest BCUT2D eigenvalue weighted by atomic mass is 10.0. The predicted molar refractivity (Wildman–Crippen MR) is 201 cm³/mol. The van der Waals surface area contributed by atoms with E-state index >= 15 is 0 Å². The number of ether oxygens (including phenoxy) is 2. The number of aromatic nitrogens is 2. The molecule has 0 saturated carbocycles. The number of methoxy groups -OCH3 is 2. The highest BCUT2D eigenvalue weighted by atomic mass is 32.1. The van der Waals surface area contributed by atoms with Crippen LogP contribution >= 0.6 is 22.7 Å². The van der Waals surface area contributed by atoms with Crippen LogP contribution in [0.1, 0.15) is 74.5 Å². The summed E-state index contributed by atoms with van der Waals surface area (Å²) in [5, 5.41) is 7.10. The molecule has 2 saturated heterocycles. The van der Waals surface area contributed by atoms with Crippen molar-refractivity contribution in [1.82, 2.24) is 30.4 Å². The number of carbonyl (C=O) groups excluding carboxylic acids is 4. The Balaban J connectivity index is 1.10. The fourth-order valence-corrected chi connectivity index (χ4v) is 9.00. The van der Waals surface area contributed by atoms with Crippen molar-refractivity contribution in [2.24, 2.45) is 0 Å². The van der Waals surface area contributed by atoms with Crippen molar-refractivity contribution in [2.75, 3.05) is 27.3 Å². The Bertz CT molecular complexity index is 1740. The quantitative estimate of drug-likeness (QED) is 0.164. The summed E-state index contributed by atoms with van der Waals surface area (Å²) >= 11 is 3.19. The minimum Gasteiger partial charge on any atom is -0.453 e. The van der Waals surface area contributed by atoms with Crippen LogP contribution in [0.2, 0.25) is 0 Å². The van der Waals surface area contributed by atoms with Crippen LogP contribution in [0.25, 0.3) is 32.0 Å². The van der Waals surface area contributed by atoms with Crippen molar-refractivity contribution in [3.8, 4) is 32.0 Å². The van der Waals surface area contributed by atoms with Crippen LogP contribution in [0.5, 0.6) is 0 Å². The van der Waals surface area contributed by atoms with Gasteiger partial charge in [0.05, 0.1) is 36.1 Å². The number of likely N-dealkylation sites (tertiary alicyclic amines) is 2. The van der Waals surface area contributed by atoms with Gasteiger partial charge in [-0.2, -0.15) is 0 Å². The Morgan fingerprint density at radius 1 is 0.673 bits per heavy atom. The first-order chi connectivity index (χ1) is 25.2. The van der Waals surface area contributed by atoms with Crippen LogP contribution in [0, 0.1) is 0 Å². The molecule has 2 aliphatic heterocycles. The van der Waals surface area contributed by atoms with Gasteiger partial charge in [0, 0.05) is 25.5 Å². The molecule has 2 aromatic heterocycles. The van der Waals surface area contributed by atoms with Gasteiger partial charge in [-0.1, -0.05) is 62.4 Å². The lowest BCUT2D eigenvalue weighted by Crippen LogP contribution is -2.48. The molecule has 52 heavy (non-hydrogen) atoms. The summed E-state index contributed by atoms with van der Waals surface area (Å²) < 4.78 is 9.42. The van der Waals surface area contributed by atoms with Crippen molar-refractivity contribution in [1.29, 1.82) is 0 Å². The van der Waals surface area contributed by atoms with Gasteiger partial charge in [-0.15, -0.1) is 22.7 Å². The highest BCUT2D eigenvalue weighted by Gasteiger charge is 2.37.